The number of hydrogen-bond acceptors (Lipinski definition) is 2. The van der Waals surface area contributed by atoms with E-state index < -0.39 is 5.82 Å². The van der Waals surface area contributed by atoms with Crippen LogP contribution in [0.4, 0.5) is 4.39 Å². The summed E-state index contributed by atoms with van der Waals surface area (Å²) < 4.78 is 18.0. The SMILES string of the molecule is COc1c(C)cc(F)c(C=O)c1Cl. The first kappa shape index (κ1) is 9.99. The van der Waals surface area contributed by atoms with Gasteiger partial charge in [0, 0.05) is 0 Å². The van der Waals surface area contributed by atoms with Gasteiger partial charge in [-0.25, -0.2) is 4.39 Å². The second-order valence-corrected chi connectivity index (χ2v) is 2.93. The highest BCUT2D eigenvalue weighted by Gasteiger charge is 2.14. The van der Waals surface area contributed by atoms with Crippen molar-refractivity contribution in [2.75, 3.05) is 7.11 Å². The summed E-state index contributed by atoms with van der Waals surface area (Å²) in [5.41, 5.74) is 0.403. The molecule has 0 N–H and O–H groups in total. The van der Waals surface area contributed by atoms with Crippen LogP contribution < -0.4 is 4.74 Å². The lowest BCUT2D eigenvalue weighted by Crippen LogP contribution is -1.96. The molecule has 4 heteroatoms. The zero-order valence-electron chi connectivity index (χ0n) is 7.23. The van der Waals surface area contributed by atoms with Gasteiger partial charge in [-0.2, -0.15) is 0 Å². The van der Waals surface area contributed by atoms with E-state index in [9.17, 15) is 9.18 Å². The number of carbonyl (C=O) groups is 1. The zero-order chi connectivity index (χ0) is 10.0. The molecular formula is C9H8ClFO2. The zero-order valence-corrected chi connectivity index (χ0v) is 7.98. The van der Waals surface area contributed by atoms with Gasteiger partial charge >= 0.3 is 0 Å². The minimum Gasteiger partial charge on any atom is -0.495 e. The van der Waals surface area contributed by atoms with Crippen LogP contribution in [0, 0.1) is 12.7 Å². The molecular weight excluding hydrogens is 195 g/mol. The molecule has 2 nitrogen and oxygen atoms in total. The summed E-state index contributed by atoms with van der Waals surface area (Å²) in [6.45, 7) is 1.66. The predicted octanol–water partition coefficient (Wildman–Crippen LogP) is 2.61. The highest BCUT2D eigenvalue weighted by Crippen LogP contribution is 2.32. The van der Waals surface area contributed by atoms with Gasteiger partial charge in [0.25, 0.3) is 0 Å². The summed E-state index contributed by atoms with van der Waals surface area (Å²) in [5, 5.41) is 0.0231. The Hall–Kier alpha value is -1.09. The first-order chi connectivity index (χ1) is 6.11. The van der Waals surface area contributed by atoms with Crippen molar-refractivity contribution in [3.05, 3.63) is 28.0 Å². The highest BCUT2D eigenvalue weighted by atomic mass is 35.5. The van der Waals surface area contributed by atoms with Crippen LogP contribution in [0.15, 0.2) is 6.07 Å². The molecule has 0 aromatic heterocycles. The summed E-state index contributed by atoms with van der Waals surface area (Å²) in [6, 6.07) is 1.22. The second-order valence-electron chi connectivity index (χ2n) is 2.55. The highest BCUT2D eigenvalue weighted by molar-refractivity contribution is 6.34. The Labute approximate surface area is 80.3 Å². The molecule has 1 aromatic carbocycles. The Bertz CT molecular complexity index is 350. The van der Waals surface area contributed by atoms with Crippen LogP contribution in [0.25, 0.3) is 0 Å². The third-order valence-electron chi connectivity index (χ3n) is 1.72. The molecule has 0 amide bonds. The van der Waals surface area contributed by atoms with E-state index in [0.29, 0.717) is 17.6 Å². The Morgan fingerprint density at radius 1 is 1.62 bits per heavy atom. The van der Waals surface area contributed by atoms with E-state index in [2.05, 4.69) is 0 Å². The first-order valence-electron chi connectivity index (χ1n) is 3.59. The molecule has 0 fully saturated rings. The molecule has 0 radical (unpaired) electrons. The van der Waals surface area contributed by atoms with Crippen molar-refractivity contribution in [2.45, 2.75) is 6.92 Å². The van der Waals surface area contributed by atoms with Gasteiger partial charge in [0.1, 0.15) is 11.6 Å². The lowest BCUT2D eigenvalue weighted by molar-refractivity contribution is 0.111. The van der Waals surface area contributed by atoms with Gasteiger partial charge in [0.05, 0.1) is 17.7 Å². The number of hydrogen-bond donors (Lipinski definition) is 0. The van der Waals surface area contributed by atoms with Gasteiger partial charge in [0.2, 0.25) is 0 Å². The summed E-state index contributed by atoms with van der Waals surface area (Å²) in [4.78, 5) is 10.4. The standard InChI is InChI=1S/C9H8ClFO2/c1-5-3-7(11)6(4-12)8(10)9(5)13-2/h3-4H,1-2H3. The van der Waals surface area contributed by atoms with E-state index in [1.54, 1.807) is 6.92 Å². The molecule has 0 aliphatic heterocycles. The summed E-state index contributed by atoms with van der Waals surface area (Å²) >= 11 is 5.72. The maximum atomic E-state index is 13.1. The molecule has 70 valence electrons. The van der Waals surface area contributed by atoms with Crippen LogP contribution in [-0.4, -0.2) is 13.4 Å². The molecule has 0 saturated heterocycles. The van der Waals surface area contributed by atoms with Crippen LogP contribution in [0.5, 0.6) is 5.75 Å². The van der Waals surface area contributed by atoms with E-state index in [0.717, 1.165) is 0 Å². The van der Waals surface area contributed by atoms with Crippen molar-refractivity contribution in [3.8, 4) is 5.75 Å². The van der Waals surface area contributed by atoms with E-state index in [1.807, 2.05) is 0 Å². The van der Waals surface area contributed by atoms with Crippen molar-refractivity contribution in [2.24, 2.45) is 0 Å². The number of methoxy groups -OCH3 is 1. The van der Waals surface area contributed by atoms with Crippen LogP contribution >= 0.6 is 11.6 Å². The maximum Gasteiger partial charge on any atom is 0.154 e. The van der Waals surface area contributed by atoms with E-state index >= 15 is 0 Å². The molecule has 0 atom stereocenters. The maximum absolute atomic E-state index is 13.1. The van der Waals surface area contributed by atoms with Crippen LogP contribution in [0.1, 0.15) is 15.9 Å². The molecule has 0 spiro atoms. The lowest BCUT2D eigenvalue weighted by atomic mass is 10.1. The Kier molecular flexibility index (Phi) is 2.88. The molecule has 1 rings (SSSR count). The molecule has 13 heavy (non-hydrogen) atoms. The minimum absolute atomic E-state index is 0.0231. The summed E-state index contributed by atoms with van der Waals surface area (Å²) in [6.07, 6.45) is 0.375. The fourth-order valence-electron chi connectivity index (χ4n) is 1.09. The lowest BCUT2D eigenvalue weighted by Gasteiger charge is -2.08. The Balaban J connectivity index is 3.47. The average Bonchev–Trinajstić information content (AvgIpc) is 2.04. The van der Waals surface area contributed by atoms with E-state index in [1.165, 1.54) is 13.2 Å². The molecule has 1 aromatic rings. The number of carbonyl (C=O) groups excluding carboxylic acids is 1. The van der Waals surface area contributed by atoms with Gasteiger partial charge < -0.3 is 4.74 Å². The van der Waals surface area contributed by atoms with Gasteiger partial charge in [-0.3, -0.25) is 4.79 Å². The number of aldehydes is 1. The second kappa shape index (κ2) is 3.75. The quantitative estimate of drug-likeness (QED) is 0.689. The van der Waals surface area contributed by atoms with Gasteiger partial charge in [-0.05, 0) is 18.6 Å². The van der Waals surface area contributed by atoms with Gasteiger partial charge in [-0.15, -0.1) is 0 Å². The minimum atomic E-state index is -0.627. The topological polar surface area (TPSA) is 26.3 Å². The van der Waals surface area contributed by atoms with E-state index in [4.69, 9.17) is 16.3 Å². The summed E-state index contributed by atoms with van der Waals surface area (Å²) in [7, 11) is 1.42. The number of aryl methyl sites for hydroxylation is 1. The number of benzene rings is 1. The van der Waals surface area contributed by atoms with Crippen molar-refractivity contribution >= 4 is 17.9 Å². The Morgan fingerprint density at radius 3 is 2.69 bits per heavy atom. The third-order valence-corrected chi connectivity index (χ3v) is 2.09. The number of halogens is 2. The van der Waals surface area contributed by atoms with Crippen LogP contribution in [0.3, 0.4) is 0 Å². The molecule has 0 aliphatic carbocycles. The fourth-order valence-corrected chi connectivity index (χ4v) is 1.45. The third kappa shape index (κ3) is 1.65. The number of ether oxygens (including phenoxy) is 1. The average molecular weight is 203 g/mol. The van der Waals surface area contributed by atoms with Gasteiger partial charge in [0.15, 0.2) is 6.29 Å². The molecule has 0 heterocycles. The molecule has 0 aliphatic rings. The smallest absolute Gasteiger partial charge is 0.154 e. The molecule has 0 bridgehead atoms. The van der Waals surface area contributed by atoms with Crippen LogP contribution in [0.2, 0.25) is 5.02 Å². The predicted molar refractivity (Wildman–Crippen MR) is 48.1 cm³/mol. The largest absolute Gasteiger partial charge is 0.495 e. The van der Waals surface area contributed by atoms with E-state index in [-0.39, 0.29) is 10.6 Å². The van der Waals surface area contributed by atoms with Crippen molar-refractivity contribution in [1.82, 2.24) is 0 Å². The van der Waals surface area contributed by atoms with Crippen molar-refractivity contribution in [1.29, 1.82) is 0 Å². The molecule has 0 unspecified atom stereocenters. The van der Waals surface area contributed by atoms with Gasteiger partial charge in [-0.1, -0.05) is 11.6 Å². The molecule has 0 saturated carbocycles. The normalized spacial score (nSPS) is 9.85. The monoisotopic (exact) mass is 202 g/mol. The summed E-state index contributed by atoms with van der Waals surface area (Å²) in [5.74, 6) is -0.288. The first-order valence-corrected chi connectivity index (χ1v) is 3.97. The fraction of sp³-hybridized carbons (Fsp3) is 0.222. The number of rotatable bonds is 2. The van der Waals surface area contributed by atoms with Crippen LogP contribution in [-0.2, 0) is 0 Å². The van der Waals surface area contributed by atoms with Crippen molar-refractivity contribution in [3.63, 3.8) is 0 Å². The van der Waals surface area contributed by atoms with Crippen molar-refractivity contribution < 1.29 is 13.9 Å². The Morgan fingerprint density at radius 2 is 2.23 bits per heavy atom.